The molecule has 3 N–H and O–H groups in total. The molecule has 1 fully saturated rings. The first-order valence-electron chi connectivity index (χ1n) is 3.35. The van der Waals surface area contributed by atoms with Crippen LogP contribution in [0.2, 0.25) is 0 Å². The van der Waals surface area contributed by atoms with E-state index in [1.165, 1.54) is 7.11 Å². The molecule has 0 aliphatic carbocycles. The Kier molecular flexibility index (Phi) is 2.62. The number of piperidine rings is 1. The molecule has 0 unspecified atom stereocenters. The van der Waals surface area contributed by atoms with Gasteiger partial charge < -0.3 is 20.3 Å². The average molecular weight is 147 g/mol. The molecule has 0 radical (unpaired) electrons. The smallest absolute Gasteiger partial charge is 0.108 e. The zero-order chi connectivity index (χ0) is 7.56. The summed E-state index contributed by atoms with van der Waals surface area (Å²) in [5, 5.41) is 21.2. The van der Waals surface area contributed by atoms with Crippen LogP contribution in [0.5, 0.6) is 0 Å². The highest BCUT2D eigenvalue weighted by atomic mass is 16.5. The molecule has 0 aromatic rings. The number of hydrogen-bond acceptors (Lipinski definition) is 4. The quantitative estimate of drug-likeness (QED) is 0.415. The second kappa shape index (κ2) is 3.30. The third kappa shape index (κ3) is 1.46. The van der Waals surface area contributed by atoms with Gasteiger partial charge in [-0.05, 0) is 0 Å². The standard InChI is InChI=1S/C6H13NO3/c1-10-5-3-7-2-4(8)6(5)9/h4-9H,2-3H2,1H3/t4-,5-,6-/m1/s1. The van der Waals surface area contributed by atoms with Crippen LogP contribution >= 0.6 is 0 Å². The van der Waals surface area contributed by atoms with Gasteiger partial charge in [0.25, 0.3) is 0 Å². The summed E-state index contributed by atoms with van der Waals surface area (Å²) in [6.07, 6.45) is -1.71. The number of rotatable bonds is 1. The molecule has 0 bridgehead atoms. The van der Waals surface area contributed by atoms with Gasteiger partial charge in [-0.3, -0.25) is 0 Å². The van der Waals surface area contributed by atoms with Crippen LogP contribution in [-0.2, 0) is 4.74 Å². The molecule has 1 saturated heterocycles. The number of β-amino-alcohol motifs (C(OH)–C–C–N with tert-alkyl or cyclic N) is 1. The normalized spacial score (nSPS) is 41.7. The summed E-state index contributed by atoms with van der Waals surface area (Å²) in [6, 6.07) is 0. The Balaban J connectivity index is 2.42. The van der Waals surface area contributed by atoms with E-state index in [9.17, 15) is 5.11 Å². The van der Waals surface area contributed by atoms with Crippen LogP contribution < -0.4 is 5.32 Å². The summed E-state index contributed by atoms with van der Waals surface area (Å²) >= 11 is 0. The van der Waals surface area contributed by atoms with E-state index < -0.39 is 12.2 Å². The molecule has 0 saturated carbocycles. The number of aliphatic hydroxyl groups excluding tert-OH is 2. The Morgan fingerprint density at radius 3 is 2.60 bits per heavy atom. The van der Waals surface area contributed by atoms with Gasteiger partial charge in [0, 0.05) is 20.2 Å². The van der Waals surface area contributed by atoms with Crippen LogP contribution in [0.4, 0.5) is 0 Å². The predicted molar refractivity (Wildman–Crippen MR) is 35.7 cm³/mol. The lowest BCUT2D eigenvalue weighted by Gasteiger charge is -2.31. The van der Waals surface area contributed by atoms with Crippen LogP contribution in [0.25, 0.3) is 0 Å². The lowest BCUT2D eigenvalue weighted by Crippen LogP contribution is -2.54. The van der Waals surface area contributed by atoms with Gasteiger partial charge in [0.2, 0.25) is 0 Å². The predicted octanol–water partition coefficient (Wildman–Crippen LogP) is -1.67. The van der Waals surface area contributed by atoms with Gasteiger partial charge >= 0.3 is 0 Å². The maximum atomic E-state index is 9.22. The molecule has 1 heterocycles. The molecule has 0 amide bonds. The summed E-state index contributed by atoms with van der Waals surface area (Å²) in [5.41, 5.74) is 0. The van der Waals surface area contributed by atoms with E-state index in [1.807, 2.05) is 0 Å². The van der Waals surface area contributed by atoms with Crippen LogP contribution in [0.1, 0.15) is 0 Å². The molecule has 4 heteroatoms. The van der Waals surface area contributed by atoms with Gasteiger partial charge in [-0.2, -0.15) is 0 Å². The zero-order valence-corrected chi connectivity index (χ0v) is 5.95. The molecule has 4 nitrogen and oxygen atoms in total. The van der Waals surface area contributed by atoms with Crippen LogP contribution in [0.3, 0.4) is 0 Å². The van der Waals surface area contributed by atoms with Gasteiger partial charge in [-0.25, -0.2) is 0 Å². The number of nitrogens with one attached hydrogen (secondary N) is 1. The third-order valence-electron chi connectivity index (χ3n) is 1.78. The third-order valence-corrected chi connectivity index (χ3v) is 1.78. The van der Waals surface area contributed by atoms with Crippen molar-refractivity contribution in [1.82, 2.24) is 5.32 Å². The number of ether oxygens (including phenoxy) is 1. The van der Waals surface area contributed by atoms with Crippen molar-refractivity contribution in [1.29, 1.82) is 0 Å². The van der Waals surface area contributed by atoms with E-state index in [4.69, 9.17) is 9.84 Å². The van der Waals surface area contributed by atoms with Crippen molar-refractivity contribution in [3.63, 3.8) is 0 Å². The molecule has 0 spiro atoms. The minimum atomic E-state index is -0.744. The Hall–Kier alpha value is -0.160. The lowest BCUT2D eigenvalue weighted by molar-refractivity contribution is -0.0902. The zero-order valence-electron chi connectivity index (χ0n) is 5.95. The van der Waals surface area contributed by atoms with Crippen molar-refractivity contribution in [2.75, 3.05) is 20.2 Å². The Morgan fingerprint density at radius 2 is 2.10 bits per heavy atom. The molecule has 60 valence electrons. The van der Waals surface area contributed by atoms with Gasteiger partial charge in [-0.1, -0.05) is 0 Å². The van der Waals surface area contributed by atoms with Crippen molar-refractivity contribution in [3.8, 4) is 0 Å². The maximum absolute atomic E-state index is 9.22. The molecule has 10 heavy (non-hydrogen) atoms. The Bertz CT molecular complexity index is 109. The summed E-state index contributed by atoms with van der Waals surface area (Å²) in [4.78, 5) is 0. The van der Waals surface area contributed by atoms with Crippen LogP contribution in [0, 0.1) is 0 Å². The van der Waals surface area contributed by atoms with Crippen molar-refractivity contribution in [2.24, 2.45) is 0 Å². The summed E-state index contributed by atoms with van der Waals surface area (Å²) in [5.74, 6) is 0. The average Bonchev–Trinajstić information content (AvgIpc) is 1.95. The molecule has 1 aliphatic rings. The largest absolute Gasteiger partial charge is 0.389 e. The van der Waals surface area contributed by atoms with Gasteiger partial charge in [0.15, 0.2) is 0 Å². The molecule has 1 rings (SSSR count). The molecular weight excluding hydrogens is 134 g/mol. The van der Waals surface area contributed by atoms with Gasteiger partial charge in [0.1, 0.15) is 6.10 Å². The topological polar surface area (TPSA) is 61.7 Å². The van der Waals surface area contributed by atoms with Crippen LogP contribution in [-0.4, -0.2) is 48.7 Å². The van der Waals surface area contributed by atoms with Crippen LogP contribution in [0.15, 0.2) is 0 Å². The SMILES string of the molecule is CO[C@@H]1CNC[C@@H](O)[C@H]1O. The van der Waals surface area contributed by atoms with Crippen molar-refractivity contribution in [3.05, 3.63) is 0 Å². The fourth-order valence-electron chi connectivity index (χ4n) is 1.09. The highest BCUT2D eigenvalue weighted by Crippen LogP contribution is 2.06. The fourth-order valence-corrected chi connectivity index (χ4v) is 1.09. The van der Waals surface area contributed by atoms with Crippen molar-refractivity contribution >= 4 is 0 Å². The highest BCUT2D eigenvalue weighted by Gasteiger charge is 2.29. The second-order valence-electron chi connectivity index (χ2n) is 2.49. The number of aliphatic hydroxyl groups is 2. The van der Waals surface area contributed by atoms with Gasteiger partial charge in [-0.15, -0.1) is 0 Å². The second-order valence-corrected chi connectivity index (χ2v) is 2.49. The Morgan fingerprint density at radius 1 is 1.40 bits per heavy atom. The van der Waals surface area contributed by atoms with E-state index in [0.29, 0.717) is 13.1 Å². The van der Waals surface area contributed by atoms with E-state index in [-0.39, 0.29) is 6.10 Å². The first-order valence-corrected chi connectivity index (χ1v) is 3.35. The number of hydrogen-bond donors (Lipinski definition) is 3. The maximum Gasteiger partial charge on any atom is 0.108 e. The minimum Gasteiger partial charge on any atom is -0.389 e. The molecule has 3 atom stereocenters. The minimum absolute atomic E-state index is 0.274. The first-order chi connectivity index (χ1) is 4.75. The monoisotopic (exact) mass is 147 g/mol. The van der Waals surface area contributed by atoms with Gasteiger partial charge in [0.05, 0.1) is 12.2 Å². The Labute approximate surface area is 59.8 Å². The van der Waals surface area contributed by atoms with Crippen molar-refractivity contribution in [2.45, 2.75) is 18.3 Å². The summed E-state index contributed by atoms with van der Waals surface area (Å²) in [6.45, 7) is 1.05. The van der Waals surface area contributed by atoms with E-state index >= 15 is 0 Å². The van der Waals surface area contributed by atoms with E-state index in [0.717, 1.165) is 0 Å². The summed E-state index contributed by atoms with van der Waals surface area (Å²) < 4.78 is 4.90. The highest BCUT2D eigenvalue weighted by molar-refractivity contribution is 4.84. The van der Waals surface area contributed by atoms with E-state index in [2.05, 4.69) is 5.32 Å². The fraction of sp³-hybridized carbons (Fsp3) is 1.00. The molecular formula is C6H13NO3. The first kappa shape index (κ1) is 7.94. The molecule has 0 aromatic heterocycles. The van der Waals surface area contributed by atoms with E-state index in [1.54, 1.807) is 0 Å². The lowest BCUT2D eigenvalue weighted by atomic mass is 10.0. The summed E-state index contributed by atoms with van der Waals surface area (Å²) in [7, 11) is 1.52. The number of methoxy groups -OCH3 is 1. The molecule has 1 aliphatic heterocycles. The molecule has 0 aromatic carbocycles. The van der Waals surface area contributed by atoms with Crippen molar-refractivity contribution < 1.29 is 14.9 Å².